The Bertz CT molecular complexity index is 4180. The smallest absolute Gasteiger partial charge is 0.247 e. The van der Waals surface area contributed by atoms with Crippen molar-refractivity contribution >= 4 is 70.5 Å². The largest absolute Gasteiger partial charge is 0.497 e. The molecule has 0 aliphatic carbocycles. The second-order valence-corrected chi connectivity index (χ2v) is 26.2. The lowest BCUT2D eigenvalue weighted by Gasteiger charge is -2.30. The molecule has 8 unspecified atom stereocenters. The second-order valence-electron chi connectivity index (χ2n) is 25.3. The Balaban J connectivity index is 0.000000251. The summed E-state index contributed by atoms with van der Waals surface area (Å²) >= 11 is 11.9. The molecule has 0 saturated carbocycles. The van der Waals surface area contributed by atoms with Gasteiger partial charge in [-0.3, -0.25) is 43.3 Å². The van der Waals surface area contributed by atoms with E-state index in [0.717, 1.165) is 68.2 Å². The molecule has 20 nitrogen and oxygen atoms in total. The van der Waals surface area contributed by atoms with Crippen molar-refractivity contribution in [3.63, 3.8) is 0 Å². The Kier molecular flexibility index (Phi) is 32.1. The highest BCUT2D eigenvalue weighted by atomic mass is 35.5. The molecule has 7 aromatic carbocycles. The van der Waals surface area contributed by atoms with E-state index in [4.69, 9.17) is 37.4 Å². The van der Waals surface area contributed by atoms with Crippen LogP contribution in [0.25, 0.3) is 0 Å². The highest BCUT2D eigenvalue weighted by Crippen LogP contribution is 2.40. The van der Waals surface area contributed by atoms with Crippen LogP contribution in [0.2, 0.25) is 10.0 Å². The number of hydrogen-bond acceptors (Lipinski definition) is 12. The third kappa shape index (κ3) is 19.9. The SMILES string of the molecule is C.C.C.C.CC(=O)N1C(Cc2cccnc2)C(=O)N(C)C1c1ccc(Cl)cc1.CCCC(=O)N1C(Cc2ccc(OC)cc2)C(=O)N(C)C1c1ccccc1.COc1ccc(CC2C(=O)N(C)C(c3ccc(Cl)cc3)N2C(C)=O)cc1.COc1ccc(CC2C(=O)N(C)C(c3ccccc3)N2C(C)=O)cc1. The molecule has 5 heterocycles. The molecule has 106 heavy (non-hydrogen) atoms. The van der Waals surface area contributed by atoms with Gasteiger partial charge in [-0.05, 0) is 118 Å². The highest BCUT2D eigenvalue weighted by molar-refractivity contribution is 6.30. The first-order chi connectivity index (χ1) is 49.0. The molecule has 1 aromatic heterocycles. The van der Waals surface area contributed by atoms with E-state index in [2.05, 4.69) is 4.98 Å². The van der Waals surface area contributed by atoms with Crippen LogP contribution >= 0.6 is 23.2 Å². The fraction of sp³-hybridized carbons (Fsp3) is 0.345. The van der Waals surface area contributed by atoms with Gasteiger partial charge in [0.1, 0.15) is 66.1 Å². The van der Waals surface area contributed by atoms with Crippen LogP contribution in [0.4, 0.5) is 0 Å². The number of rotatable bonds is 17. The molecular formula is C84H103Cl2N9O11. The Hall–Kier alpha value is -10.6. The van der Waals surface area contributed by atoms with E-state index in [-0.39, 0.29) is 89.3 Å². The minimum absolute atomic E-state index is 0. The van der Waals surface area contributed by atoms with Crippen LogP contribution < -0.4 is 14.2 Å². The molecule has 4 saturated heterocycles. The zero-order valence-corrected chi connectivity index (χ0v) is 60.8. The number of aromatic nitrogens is 1. The summed E-state index contributed by atoms with van der Waals surface area (Å²) in [6.45, 7) is 6.49. The summed E-state index contributed by atoms with van der Waals surface area (Å²) in [5, 5.41) is 1.23. The van der Waals surface area contributed by atoms with Crippen molar-refractivity contribution in [2.75, 3.05) is 49.5 Å². The van der Waals surface area contributed by atoms with Gasteiger partial charge in [0.25, 0.3) is 0 Å². The molecule has 0 N–H and O–H groups in total. The molecular weight excluding hydrogens is 1380 g/mol. The molecule has 22 heteroatoms. The first-order valence-electron chi connectivity index (χ1n) is 33.6. The van der Waals surface area contributed by atoms with E-state index in [1.54, 1.807) is 125 Å². The number of pyridine rings is 1. The molecule has 0 bridgehead atoms. The van der Waals surface area contributed by atoms with Gasteiger partial charge in [0.2, 0.25) is 47.3 Å². The van der Waals surface area contributed by atoms with Gasteiger partial charge in [0, 0.05) is 104 Å². The third-order valence-electron chi connectivity index (χ3n) is 18.7. The minimum Gasteiger partial charge on any atom is -0.497 e. The Morgan fingerprint density at radius 3 is 0.906 bits per heavy atom. The van der Waals surface area contributed by atoms with Crippen molar-refractivity contribution in [3.8, 4) is 17.2 Å². The summed E-state index contributed by atoms with van der Waals surface area (Å²) in [5.41, 5.74) is 7.50. The van der Waals surface area contributed by atoms with Gasteiger partial charge in [-0.2, -0.15) is 0 Å². The minimum atomic E-state index is -0.536. The van der Waals surface area contributed by atoms with Crippen LogP contribution in [0.1, 0.15) is 139 Å². The number of nitrogens with zero attached hydrogens (tertiary/aromatic N) is 9. The van der Waals surface area contributed by atoms with E-state index in [1.807, 2.05) is 177 Å². The van der Waals surface area contributed by atoms with E-state index in [0.29, 0.717) is 42.1 Å². The molecule has 0 radical (unpaired) electrons. The fourth-order valence-electron chi connectivity index (χ4n) is 13.7. The summed E-state index contributed by atoms with van der Waals surface area (Å²) in [6.07, 6.45) is 4.89. The van der Waals surface area contributed by atoms with Crippen molar-refractivity contribution in [1.29, 1.82) is 0 Å². The number of benzene rings is 7. The fourth-order valence-corrected chi connectivity index (χ4v) is 13.9. The molecule has 4 aliphatic rings. The summed E-state index contributed by atoms with van der Waals surface area (Å²) in [5.74, 6) is 1.72. The predicted molar refractivity (Wildman–Crippen MR) is 417 cm³/mol. The van der Waals surface area contributed by atoms with Crippen LogP contribution in [0.3, 0.4) is 0 Å². The molecule has 8 atom stereocenters. The van der Waals surface area contributed by atoms with Gasteiger partial charge in [0.05, 0.1) is 21.3 Å². The van der Waals surface area contributed by atoms with Crippen molar-refractivity contribution in [1.82, 2.24) is 44.2 Å². The normalized spacial score (nSPS) is 19.2. The topological polar surface area (TPSA) is 203 Å². The maximum atomic E-state index is 13.0. The standard InChI is InChI=1S/C22H26N2O3.C20H21ClN2O3.C20H22N2O3.C18H18ClN3O2.4CH4/c1-4-8-20(25)24-19(15-16-11-13-18(27-3)14-12-16)22(26)23(2)21(24)17-9-6-5-7-10-17;1-13(24)23-18(12-14-4-10-17(26-3)11-5-14)20(25)22(2)19(23)15-6-8-16(21)9-7-15;1-14(23)22-18(13-15-9-11-17(25-3)12-10-15)20(24)21(2)19(22)16-7-5-4-6-8-16;1-12(23)22-16(10-13-4-3-9-20-11-13)18(24)21(2)17(22)14-5-7-15(19)8-6-14;;;;/h5-7,9-14,19,21H,4,8,15H2,1-3H3;4-11,18-19H,12H2,1-3H3;4-12,18-19H,13H2,1-3H3;3-9,11,16-17H,10H2,1-2H3;4*1H4. The van der Waals surface area contributed by atoms with E-state index in [1.165, 1.54) is 20.8 Å². The van der Waals surface area contributed by atoms with Gasteiger partial charge < -0.3 is 53.4 Å². The lowest BCUT2D eigenvalue weighted by molar-refractivity contribution is -0.136. The monoisotopic (exact) mass is 1480 g/mol. The number of carbonyl (C=O) groups is 8. The number of methoxy groups -OCH3 is 3. The lowest BCUT2D eigenvalue weighted by Crippen LogP contribution is -2.40. The van der Waals surface area contributed by atoms with Crippen molar-refractivity contribution < 1.29 is 52.6 Å². The number of hydrogen-bond donors (Lipinski definition) is 0. The van der Waals surface area contributed by atoms with Crippen molar-refractivity contribution in [3.05, 3.63) is 261 Å². The molecule has 8 amide bonds. The van der Waals surface area contributed by atoms with Crippen molar-refractivity contribution in [2.24, 2.45) is 0 Å². The zero-order valence-electron chi connectivity index (χ0n) is 59.3. The average molecular weight is 1490 g/mol. The van der Waals surface area contributed by atoms with Crippen LogP contribution in [0.5, 0.6) is 17.2 Å². The summed E-state index contributed by atoms with van der Waals surface area (Å²) in [4.78, 5) is 119. The Morgan fingerprint density at radius 1 is 0.368 bits per heavy atom. The molecule has 564 valence electrons. The third-order valence-corrected chi connectivity index (χ3v) is 19.2. The highest BCUT2D eigenvalue weighted by Gasteiger charge is 2.50. The number of ether oxygens (including phenoxy) is 3. The van der Waals surface area contributed by atoms with Crippen molar-refractivity contribution in [2.45, 2.75) is 145 Å². The first-order valence-corrected chi connectivity index (χ1v) is 34.4. The summed E-state index contributed by atoms with van der Waals surface area (Å²) < 4.78 is 15.5. The van der Waals surface area contributed by atoms with E-state index in [9.17, 15) is 38.4 Å². The summed E-state index contributed by atoms with van der Waals surface area (Å²) in [6, 6.07) is 58.3. The second kappa shape index (κ2) is 39.5. The van der Waals surface area contributed by atoms with Gasteiger partial charge in [-0.15, -0.1) is 0 Å². The number of amides is 8. The van der Waals surface area contributed by atoms with Gasteiger partial charge >= 0.3 is 0 Å². The molecule has 12 rings (SSSR count). The average Bonchev–Trinajstić information content (AvgIpc) is 1.55. The zero-order chi connectivity index (χ0) is 73.5. The van der Waals surface area contributed by atoms with E-state index >= 15 is 0 Å². The molecule has 4 fully saturated rings. The van der Waals surface area contributed by atoms with Gasteiger partial charge in [-0.1, -0.05) is 187 Å². The first kappa shape index (κ1) is 86.1. The maximum Gasteiger partial charge on any atom is 0.247 e. The Labute approximate surface area is 636 Å². The molecule has 0 spiro atoms. The number of carbonyl (C=O) groups excluding carboxylic acids is 8. The maximum absolute atomic E-state index is 13.0. The van der Waals surface area contributed by atoms with Crippen LogP contribution in [0.15, 0.2) is 207 Å². The van der Waals surface area contributed by atoms with Gasteiger partial charge in [-0.25, -0.2) is 0 Å². The number of halogens is 2. The van der Waals surface area contributed by atoms with E-state index < -0.39 is 36.5 Å². The summed E-state index contributed by atoms with van der Waals surface area (Å²) in [7, 11) is 11.8. The van der Waals surface area contributed by atoms with Crippen LogP contribution in [0, 0.1) is 0 Å². The lowest BCUT2D eigenvalue weighted by atomic mass is 10.0. The predicted octanol–water partition coefficient (Wildman–Crippen LogP) is 14.5. The number of likely N-dealkylation sites (N-methyl/N-ethyl adjacent to an activating group) is 4. The molecule has 4 aliphatic heterocycles. The Morgan fingerprint density at radius 2 is 0.642 bits per heavy atom. The van der Waals surface area contributed by atoms with Gasteiger partial charge in [0.15, 0.2) is 0 Å². The van der Waals surface area contributed by atoms with Crippen LogP contribution in [-0.4, -0.2) is 165 Å². The quantitative estimate of drug-likeness (QED) is 0.0835. The van der Waals surface area contributed by atoms with Crippen LogP contribution in [-0.2, 0) is 64.0 Å². The molecule has 8 aromatic rings.